The molecule has 27 heavy (non-hydrogen) atoms. The van der Waals surface area contributed by atoms with E-state index in [-0.39, 0.29) is 18.4 Å². The molecule has 3 rings (SSSR count). The lowest BCUT2D eigenvalue weighted by Crippen LogP contribution is -2.34. The van der Waals surface area contributed by atoms with E-state index in [1.165, 1.54) is 4.90 Å². The third-order valence-corrected chi connectivity index (χ3v) is 4.69. The summed E-state index contributed by atoms with van der Waals surface area (Å²) in [5.74, 6) is -0.563. The first kappa shape index (κ1) is 19.0. The van der Waals surface area contributed by atoms with Gasteiger partial charge in [0.1, 0.15) is 0 Å². The van der Waals surface area contributed by atoms with Gasteiger partial charge in [0.15, 0.2) is 0 Å². The third-order valence-electron chi connectivity index (χ3n) is 3.95. The van der Waals surface area contributed by atoms with E-state index in [0.29, 0.717) is 21.3 Å². The number of carbonyl (C=O) groups is 2. The van der Waals surface area contributed by atoms with Gasteiger partial charge < -0.3 is 14.8 Å². The number of amides is 2. The summed E-state index contributed by atoms with van der Waals surface area (Å²) in [5, 5.41) is 3.45. The first-order valence-corrected chi connectivity index (χ1v) is 8.93. The number of aromatic nitrogens is 1. The molecule has 3 aromatic rings. The van der Waals surface area contributed by atoms with Crippen LogP contribution in [0.5, 0.6) is 0 Å². The second-order valence-electron chi connectivity index (χ2n) is 5.98. The second-order valence-corrected chi connectivity index (χ2v) is 6.79. The van der Waals surface area contributed by atoms with Gasteiger partial charge in [-0.2, -0.15) is 0 Å². The highest BCUT2D eigenvalue weighted by Gasteiger charge is 2.15. The molecule has 0 aliphatic rings. The predicted molar refractivity (Wildman–Crippen MR) is 108 cm³/mol. The molecule has 1 N–H and O–H groups in total. The van der Waals surface area contributed by atoms with Crippen LogP contribution in [0.3, 0.4) is 0 Å². The van der Waals surface area contributed by atoms with Crippen LogP contribution in [0.15, 0.2) is 67.0 Å². The van der Waals surface area contributed by atoms with Crippen molar-refractivity contribution in [2.24, 2.45) is 0 Å². The number of hydrogen-bond donors (Lipinski definition) is 1. The zero-order valence-electron chi connectivity index (χ0n) is 14.5. The Labute approximate surface area is 167 Å². The van der Waals surface area contributed by atoms with Crippen molar-refractivity contribution in [3.05, 3.63) is 82.6 Å². The van der Waals surface area contributed by atoms with Crippen LogP contribution in [0.25, 0.3) is 5.69 Å². The average molecular weight is 402 g/mol. The van der Waals surface area contributed by atoms with Gasteiger partial charge in [-0.25, -0.2) is 0 Å². The molecule has 0 saturated heterocycles. The number of halogens is 2. The van der Waals surface area contributed by atoms with Crippen LogP contribution in [-0.2, 0) is 4.79 Å². The van der Waals surface area contributed by atoms with Crippen molar-refractivity contribution >= 4 is 40.7 Å². The van der Waals surface area contributed by atoms with E-state index in [4.69, 9.17) is 23.2 Å². The molecule has 2 amide bonds. The van der Waals surface area contributed by atoms with E-state index in [1.54, 1.807) is 37.4 Å². The molecule has 0 radical (unpaired) electrons. The topological polar surface area (TPSA) is 54.3 Å². The number of benzene rings is 2. The molecular weight excluding hydrogens is 385 g/mol. The Morgan fingerprint density at radius 1 is 1.00 bits per heavy atom. The standard InChI is InChI=1S/C20H17Cl2N3O2/c1-24(13-19(26)23-15-6-9-17(21)18(22)12-15)20(27)14-4-7-16(8-5-14)25-10-2-3-11-25/h2-12H,13H2,1H3,(H,23,26). The molecule has 2 aromatic carbocycles. The fraction of sp³-hybridized carbons (Fsp3) is 0.100. The van der Waals surface area contributed by atoms with Gasteiger partial charge in [-0.15, -0.1) is 0 Å². The Hall–Kier alpha value is -2.76. The van der Waals surface area contributed by atoms with Crippen LogP contribution in [0.1, 0.15) is 10.4 Å². The van der Waals surface area contributed by atoms with Gasteiger partial charge in [0.05, 0.1) is 16.6 Å². The van der Waals surface area contributed by atoms with Gasteiger partial charge in [-0.05, 0) is 54.6 Å². The Morgan fingerprint density at radius 3 is 2.30 bits per heavy atom. The molecule has 5 nitrogen and oxygen atoms in total. The zero-order valence-corrected chi connectivity index (χ0v) is 16.0. The van der Waals surface area contributed by atoms with E-state index >= 15 is 0 Å². The van der Waals surface area contributed by atoms with Crippen LogP contribution in [-0.4, -0.2) is 34.9 Å². The quantitative estimate of drug-likeness (QED) is 0.684. The van der Waals surface area contributed by atoms with Crippen molar-refractivity contribution in [1.82, 2.24) is 9.47 Å². The van der Waals surface area contributed by atoms with Crippen molar-refractivity contribution in [3.63, 3.8) is 0 Å². The summed E-state index contributed by atoms with van der Waals surface area (Å²) in [4.78, 5) is 26.1. The first-order chi connectivity index (χ1) is 12.9. The first-order valence-electron chi connectivity index (χ1n) is 8.18. The van der Waals surface area contributed by atoms with Crippen LogP contribution >= 0.6 is 23.2 Å². The van der Waals surface area contributed by atoms with E-state index in [1.807, 2.05) is 41.2 Å². The van der Waals surface area contributed by atoms with Crippen molar-refractivity contribution < 1.29 is 9.59 Å². The normalized spacial score (nSPS) is 10.5. The molecule has 138 valence electrons. The fourth-order valence-corrected chi connectivity index (χ4v) is 2.86. The summed E-state index contributed by atoms with van der Waals surface area (Å²) in [6.45, 7) is -0.0849. The van der Waals surface area contributed by atoms with Gasteiger partial charge in [-0.1, -0.05) is 23.2 Å². The van der Waals surface area contributed by atoms with E-state index in [2.05, 4.69) is 5.32 Å². The minimum absolute atomic E-state index is 0.0849. The Balaban J connectivity index is 1.61. The summed E-state index contributed by atoms with van der Waals surface area (Å²) < 4.78 is 1.95. The van der Waals surface area contributed by atoms with Gasteiger partial charge >= 0.3 is 0 Å². The summed E-state index contributed by atoms with van der Waals surface area (Å²) in [7, 11) is 1.58. The van der Waals surface area contributed by atoms with Gasteiger partial charge in [-0.3, -0.25) is 9.59 Å². The maximum absolute atomic E-state index is 12.5. The minimum atomic E-state index is -0.326. The molecule has 0 fully saturated rings. The third kappa shape index (κ3) is 4.70. The van der Waals surface area contributed by atoms with Gasteiger partial charge in [0, 0.05) is 36.4 Å². The summed E-state index contributed by atoms with van der Waals surface area (Å²) >= 11 is 11.8. The number of rotatable bonds is 5. The number of carbonyl (C=O) groups excluding carboxylic acids is 2. The van der Waals surface area contributed by atoms with Gasteiger partial charge in [0.25, 0.3) is 5.91 Å². The second kappa shape index (κ2) is 8.29. The largest absolute Gasteiger partial charge is 0.332 e. The van der Waals surface area contributed by atoms with Crippen LogP contribution < -0.4 is 5.32 Å². The molecule has 1 aromatic heterocycles. The van der Waals surface area contributed by atoms with E-state index in [9.17, 15) is 9.59 Å². The predicted octanol–water partition coefficient (Wildman–Crippen LogP) is 4.49. The number of anilines is 1. The number of nitrogens with zero attached hydrogens (tertiary/aromatic N) is 2. The molecule has 0 bridgehead atoms. The fourth-order valence-electron chi connectivity index (χ4n) is 2.56. The molecule has 0 unspecified atom stereocenters. The SMILES string of the molecule is CN(CC(=O)Nc1ccc(Cl)c(Cl)c1)C(=O)c1ccc(-n2cccc2)cc1. The van der Waals surface area contributed by atoms with E-state index < -0.39 is 0 Å². The smallest absolute Gasteiger partial charge is 0.254 e. The number of hydrogen-bond acceptors (Lipinski definition) is 2. The van der Waals surface area contributed by atoms with Crippen LogP contribution in [0.2, 0.25) is 10.0 Å². The minimum Gasteiger partial charge on any atom is -0.332 e. The highest BCUT2D eigenvalue weighted by atomic mass is 35.5. The summed E-state index contributed by atoms with van der Waals surface area (Å²) in [5.41, 5.74) is 1.98. The highest BCUT2D eigenvalue weighted by Crippen LogP contribution is 2.25. The van der Waals surface area contributed by atoms with Gasteiger partial charge in [0.2, 0.25) is 5.91 Å². The molecule has 0 saturated carbocycles. The Bertz CT molecular complexity index is 954. The average Bonchev–Trinajstić information content (AvgIpc) is 3.19. The summed E-state index contributed by atoms with van der Waals surface area (Å²) in [6.07, 6.45) is 3.85. The Kier molecular flexibility index (Phi) is 5.84. The summed E-state index contributed by atoms with van der Waals surface area (Å²) in [6, 6.07) is 15.9. The monoisotopic (exact) mass is 401 g/mol. The van der Waals surface area contributed by atoms with Crippen molar-refractivity contribution in [2.45, 2.75) is 0 Å². The molecule has 0 spiro atoms. The lowest BCUT2D eigenvalue weighted by atomic mass is 10.2. The molecule has 0 aliphatic heterocycles. The highest BCUT2D eigenvalue weighted by molar-refractivity contribution is 6.42. The molecule has 0 atom stereocenters. The van der Waals surface area contributed by atoms with Crippen molar-refractivity contribution in [2.75, 3.05) is 18.9 Å². The molecule has 7 heteroatoms. The number of likely N-dealkylation sites (N-methyl/N-ethyl adjacent to an activating group) is 1. The van der Waals surface area contributed by atoms with Crippen LogP contribution in [0.4, 0.5) is 5.69 Å². The Morgan fingerprint density at radius 2 is 1.67 bits per heavy atom. The maximum atomic E-state index is 12.5. The maximum Gasteiger partial charge on any atom is 0.254 e. The molecule has 0 aliphatic carbocycles. The molecular formula is C20H17Cl2N3O2. The molecule has 1 heterocycles. The van der Waals surface area contributed by atoms with Crippen molar-refractivity contribution in [1.29, 1.82) is 0 Å². The zero-order chi connectivity index (χ0) is 19.4. The lowest BCUT2D eigenvalue weighted by Gasteiger charge is -2.17. The van der Waals surface area contributed by atoms with Crippen molar-refractivity contribution in [3.8, 4) is 5.69 Å². The van der Waals surface area contributed by atoms with Crippen LogP contribution in [0, 0.1) is 0 Å². The number of nitrogens with one attached hydrogen (secondary N) is 1. The lowest BCUT2D eigenvalue weighted by molar-refractivity contribution is -0.116. The van der Waals surface area contributed by atoms with E-state index in [0.717, 1.165) is 5.69 Å².